The van der Waals surface area contributed by atoms with Gasteiger partial charge in [0, 0.05) is 38.3 Å². The van der Waals surface area contributed by atoms with Gasteiger partial charge in [-0.3, -0.25) is 4.68 Å². The van der Waals surface area contributed by atoms with Crippen molar-refractivity contribution in [1.29, 1.82) is 0 Å². The van der Waals surface area contributed by atoms with Gasteiger partial charge in [0.25, 0.3) is 0 Å². The molecule has 2 atom stereocenters. The normalized spacial score (nSPS) is 21.9. The monoisotopic (exact) mass is 236 g/mol. The summed E-state index contributed by atoms with van der Waals surface area (Å²) in [6, 6.07) is 3.41. The first-order valence-corrected chi connectivity index (χ1v) is 6.69. The maximum Gasteiger partial charge on any atom is 0.0637 e. The van der Waals surface area contributed by atoms with Crippen molar-refractivity contribution >= 4 is 0 Å². The minimum atomic E-state index is 0.592. The highest BCUT2D eigenvalue weighted by molar-refractivity contribution is 4.99. The highest BCUT2D eigenvalue weighted by Crippen LogP contribution is 2.10. The average molecular weight is 236 g/mol. The number of aryl methyl sites for hydroxylation is 1. The molecule has 4 nitrogen and oxygen atoms in total. The van der Waals surface area contributed by atoms with Crippen molar-refractivity contribution in [2.24, 2.45) is 7.05 Å². The maximum atomic E-state index is 4.38. The van der Waals surface area contributed by atoms with Crippen LogP contribution in [0.3, 0.4) is 0 Å². The molecule has 4 heteroatoms. The van der Waals surface area contributed by atoms with Crippen molar-refractivity contribution in [3.63, 3.8) is 0 Å². The predicted octanol–water partition coefficient (Wildman–Crippen LogP) is 1.08. The highest BCUT2D eigenvalue weighted by atomic mass is 15.2. The van der Waals surface area contributed by atoms with Crippen LogP contribution in [0.15, 0.2) is 12.3 Å². The van der Waals surface area contributed by atoms with E-state index in [0.29, 0.717) is 6.04 Å². The molecular formula is C13H24N4. The van der Waals surface area contributed by atoms with Gasteiger partial charge in [-0.25, -0.2) is 0 Å². The number of aromatic nitrogens is 2. The molecule has 2 unspecified atom stereocenters. The van der Waals surface area contributed by atoms with Gasteiger partial charge in [0.1, 0.15) is 0 Å². The fraction of sp³-hybridized carbons (Fsp3) is 0.769. The topological polar surface area (TPSA) is 41.9 Å². The van der Waals surface area contributed by atoms with E-state index in [1.165, 1.54) is 31.5 Å². The van der Waals surface area contributed by atoms with Crippen LogP contribution in [0.4, 0.5) is 0 Å². The lowest BCUT2D eigenvalue weighted by atomic mass is 10.1. The molecule has 1 aliphatic heterocycles. The lowest BCUT2D eigenvalue weighted by Gasteiger charge is -2.17. The molecule has 0 aromatic carbocycles. The fourth-order valence-electron chi connectivity index (χ4n) is 2.51. The molecule has 1 fully saturated rings. The van der Waals surface area contributed by atoms with Gasteiger partial charge in [-0.2, -0.15) is 5.10 Å². The zero-order chi connectivity index (χ0) is 12.1. The number of hydrogen-bond acceptors (Lipinski definition) is 3. The molecule has 1 aromatic heterocycles. The largest absolute Gasteiger partial charge is 0.314 e. The van der Waals surface area contributed by atoms with E-state index in [-0.39, 0.29) is 0 Å². The summed E-state index contributed by atoms with van der Waals surface area (Å²) in [4.78, 5) is 0. The van der Waals surface area contributed by atoms with Gasteiger partial charge in [0.15, 0.2) is 0 Å². The Morgan fingerprint density at radius 2 is 2.53 bits per heavy atom. The van der Waals surface area contributed by atoms with Crippen molar-refractivity contribution in [3.8, 4) is 0 Å². The average Bonchev–Trinajstić information content (AvgIpc) is 2.90. The summed E-state index contributed by atoms with van der Waals surface area (Å²) < 4.78 is 1.86. The van der Waals surface area contributed by atoms with E-state index < -0.39 is 0 Å². The summed E-state index contributed by atoms with van der Waals surface area (Å²) in [6.45, 7) is 4.49. The number of rotatable bonds is 6. The van der Waals surface area contributed by atoms with Crippen LogP contribution < -0.4 is 10.6 Å². The third kappa shape index (κ3) is 4.13. The van der Waals surface area contributed by atoms with Crippen LogP contribution in [0.25, 0.3) is 0 Å². The Morgan fingerprint density at radius 3 is 3.18 bits per heavy atom. The second-order valence-corrected chi connectivity index (χ2v) is 5.11. The maximum absolute atomic E-state index is 4.38. The van der Waals surface area contributed by atoms with E-state index in [4.69, 9.17) is 0 Å². The summed E-state index contributed by atoms with van der Waals surface area (Å²) in [7, 11) is 1.96. The van der Waals surface area contributed by atoms with Gasteiger partial charge in [-0.1, -0.05) is 0 Å². The zero-order valence-electron chi connectivity index (χ0n) is 10.9. The SMILES string of the molecule is CC(CC1CCCN1)NCCc1ccn(C)n1. The second-order valence-electron chi connectivity index (χ2n) is 5.11. The summed E-state index contributed by atoms with van der Waals surface area (Å²) in [5, 5.41) is 11.5. The molecule has 0 saturated carbocycles. The third-order valence-corrected chi connectivity index (χ3v) is 3.44. The second kappa shape index (κ2) is 6.17. The molecule has 0 amide bonds. The van der Waals surface area contributed by atoms with Crippen molar-refractivity contribution in [3.05, 3.63) is 18.0 Å². The number of nitrogens with zero attached hydrogens (tertiary/aromatic N) is 2. The fourth-order valence-corrected chi connectivity index (χ4v) is 2.51. The number of hydrogen-bond donors (Lipinski definition) is 2. The Morgan fingerprint density at radius 1 is 1.65 bits per heavy atom. The van der Waals surface area contributed by atoms with Crippen molar-refractivity contribution < 1.29 is 0 Å². The van der Waals surface area contributed by atoms with Crippen molar-refractivity contribution in [1.82, 2.24) is 20.4 Å². The van der Waals surface area contributed by atoms with Gasteiger partial charge in [0.05, 0.1) is 5.69 Å². The van der Waals surface area contributed by atoms with E-state index in [1.54, 1.807) is 0 Å². The molecule has 2 heterocycles. The molecule has 2 rings (SSSR count). The molecule has 0 radical (unpaired) electrons. The van der Waals surface area contributed by atoms with Crippen LogP contribution >= 0.6 is 0 Å². The molecule has 0 aliphatic carbocycles. The van der Waals surface area contributed by atoms with Crippen molar-refractivity contribution in [2.45, 2.75) is 44.7 Å². The quantitative estimate of drug-likeness (QED) is 0.777. The van der Waals surface area contributed by atoms with Crippen LogP contribution in [-0.4, -0.2) is 35.0 Å². The lowest BCUT2D eigenvalue weighted by molar-refractivity contribution is 0.442. The van der Waals surface area contributed by atoms with E-state index >= 15 is 0 Å². The van der Waals surface area contributed by atoms with Crippen LogP contribution in [0.2, 0.25) is 0 Å². The van der Waals surface area contributed by atoms with E-state index in [1.807, 2.05) is 17.9 Å². The summed E-state index contributed by atoms with van der Waals surface area (Å²) in [5.74, 6) is 0. The summed E-state index contributed by atoms with van der Waals surface area (Å²) in [6.07, 6.45) is 6.93. The predicted molar refractivity (Wildman–Crippen MR) is 70.0 cm³/mol. The highest BCUT2D eigenvalue weighted by Gasteiger charge is 2.16. The molecule has 0 bridgehead atoms. The Labute approximate surface area is 104 Å². The standard InChI is InChI=1S/C13H24N4/c1-11(10-13-4-3-7-15-13)14-8-5-12-6-9-17(2)16-12/h6,9,11,13-15H,3-5,7-8,10H2,1-2H3. The molecule has 1 aromatic rings. The Hall–Kier alpha value is -0.870. The molecule has 0 spiro atoms. The lowest BCUT2D eigenvalue weighted by Crippen LogP contribution is -2.34. The Bertz CT molecular complexity index is 328. The first kappa shape index (κ1) is 12.6. The molecule has 17 heavy (non-hydrogen) atoms. The van der Waals surface area contributed by atoms with Gasteiger partial charge in [-0.05, 0) is 38.8 Å². The smallest absolute Gasteiger partial charge is 0.0637 e. The van der Waals surface area contributed by atoms with Gasteiger partial charge >= 0.3 is 0 Å². The Kier molecular flexibility index (Phi) is 4.57. The summed E-state index contributed by atoms with van der Waals surface area (Å²) in [5.41, 5.74) is 1.17. The van der Waals surface area contributed by atoms with E-state index in [0.717, 1.165) is 19.0 Å². The number of nitrogens with one attached hydrogen (secondary N) is 2. The molecule has 1 aliphatic rings. The minimum absolute atomic E-state index is 0.592. The zero-order valence-corrected chi connectivity index (χ0v) is 10.9. The molecular weight excluding hydrogens is 212 g/mol. The first-order chi connectivity index (χ1) is 8.24. The van der Waals surface area contributed by atoms with Crippen LogP contribution in [0.1, 0.15) is 31.9 Å². The van der Waals surface area contributed by atoms with Gasteiger partial charge in [-0.15, -0.1) is 0 Å². The summed E-state index contributed by atoms with van der Waals surface area (Å²) >= 11 is 0. The van der Waals surface area contributed by atoms with Gasteiger partial charge < -0.3 is 10.6 Å². The minimum Gasteiger partial charge on any atom is -0.314 e. The molecule has 96 valence electrons. The van der Waals surface area contributed by atoms with E-state index in [2.05, 4.69) is 28.7 Å². The van der Waals surface area contributed by atoms with Gasteiger partial charge in [0.2, 0.25) is 0 Å². The Balaban J connectivity index is 1.60. The third-order valence-electron chi connectivity index (χ3n) is 3.44. The van der Waals surface area contributed by atoms with Crippen LogP contribution in [0, 0.1) is 0 Å². The molecule has 2 N–H and O–H groups in total. The van der Waals surface area contributed by atoms with Crippen LogP contribution in [-0.2, 0) is 13.5 Å². The molecule has 1 saturated heterocycles. The van der Waals surface area contributed by atoms with Crippen LogP contribution in [0.5, 0.6) is 0 Å². The van der Waals surface area contributed by atoms with E-state index in [9.17, 15) is 0 Å². The van der Waals surface area contributed by atoms with Crippen molar-refractivity contribution in [2.75, 3.05) is 13.1 Å². The first-order valence-electron chi connectivity index (χ1n) is 6.69.